The molecule has 0 atom stereocenters. The number of amides is 1. The summed E-state index contributed by atoms with van der Waals surface area (Å²) in [5, 5.41) is 4.95. The standard InChI is InChI=1S/C20H15Cl2F2N3OS2/c21-11-1-3-13-16(9-11)30-18(17(13)22)19(28)26-5-7-27(8-6-26)20(29)25-15-4-2-12(23)10-14(15)24/h1-4,9-10H,5-8H2,(H,25,29). The van der Waals surface area contributed by atoms with E-state index in [0.717, 1.165) is 22.2 Å². The lowest BCUT2D eigenvalue weighted by Gasteiger charge is -2.36. The van der Waals surface area contributed by atoms with E-state index in [9.17, 15) is 13.6 Å². The number of fused-ring (bicyclic) bond motifs is 1. The van der Waals surface area contributed by atoms with Gasteiger partial charge in [-0.25, -0.2) is 8.78 Å². The summed E-state index contributed by atoms with van der Waals surface area (Å²) in [6.07, 6.45) is 0. The van der Waals surface area contributed by atoms with Crippen LogP contribution in [0.1, 0.15) is 9.67 Å². The molecule has 0 aliphatic carbocycles. The number of nitrogens with zero attached hydrogens (tertiary/aromatic N) is 2. The minimum absolute atomic E-state index is 0.107. The molecule has 2 aromatic carbocycles. The van der Waals surface area contributed by atoms with Crippen molar-refractivity contribution in [1.82, 2.24) is 9.80 Å². The van der Waals surface area contributed by atoms with Gasteiger partial charge in [0.25, 0.3) is 5.91 Å². The Hall–Kier alpha value is -2.00. The van der Waals surface area contributed by atoms with Crippen molar-refractivity contribution >= 4 is 73.5 Å². The third-order valence-electron chi connectivity index (χ3n) is 4.81. The van der Waals surface area contributed by atoms with Gasteiger partial charge in [0.2, 0.25) is 0 Å². The minimum Gasteiger partial charge on any atom is -0.345 e. The third kappa shape index (κ3) is 4.23. The van der Waals surface area contributed by atoms with Gasteiger partial charge in [-0.15, -0.1) is 11.3 Å². The van der Waals surface area contributed by atoms with Crippen LogP contribution in [0.4, 0.5) is 14.5 Å². The predicted molar refractivity (Wildman–Crippen MR) is 122 cm³/mol. The molecule has 10 heteroatoms. The first-order chi connectivity index (χ1) is 14.3. The largest absolute Gasteiger partial charge is 0.345 e. The Morgan fingerprint density at radius 1 is 1.03 bits per heavy atom. The number of halogens is 4. The highest BCUT2D eigenvalue weighted by atomic mass is 35.5. The molecule has 2 heterocycles. The summed E-state index contributed by atoms with van der Waals surface area (Å²) >= 11 is 19.1. The van der Waals surface area contributed by atoms with Crippen LogP contribution >= 0.6 is 46.8 Å². The zero-order valence-corrected chi connectivity index (χ0v) is 18.6. The van der Waals surface area contributed by atoms with Crippen molar-refractivity contribution in [3.8, 4) is 0 Å². The average Bonchev–Trinajstić information content (AvgIpc) is 3.05. The van der Waals surface area contributed by atoms with Crippen molar-refractivity contribution in [2.75, 3.05) is 31.5 Å². The molecule has 1 amide bonds. The van der Waals surface area contributed by atoms with E-state index in [4.69, 9.17) is 35.4 Å². The number of thiophene rings is 1. The van der Waals surface area contributed by atoms with E-state index >= 15 is 0 Å². The molecule has 1 saturated heterocycles. The quantitative estimate of drug-likeness (QED) is 0.476. The molecule has 1 aliphatic rings. The van der Waals surface area contributed by atoms with Crippen LogP contribution in [0.3, 0.4) is 0 Å². The number of carbonyl (C=O) groups excluding carboxylic acids is 1. The monoisotopic (exact) mass is 485 g/mol. The van der Waals surface area contributed by atoms with E-state index in [2.05, 4.69) is 5.32 Å². The third-order valence-corrected chi connectivity index (χ3v) is 7.05. The summed E-state index contributed by atoms with van der Waals surface area (Å²) in [6.45, 7) is 1.85. The van der Waals surface area contributed by atoms with Gasteiger partial charge in [0.05, 0.1) is 10.7 Å². The SMILES string of the molecule is O=C(c1sc2cc(Cl)ccc2c1Cl)N1CCN(C(=S)Nc2ccc(F)cc2F)CC1. The Kier molecular flexibility index (Phi) is 6.11. The molecule has 1 aliphatic heterocycles. The van der Waals surface area contributed by atoms with Gasteiger partial charge in [-0.3, -0.25) is 4.79 Å². The zero-order valence-electron chi connectivity index (χ0n) is 15.4. The number of carbonyl (C=O) groups is 1. The normalized spacial score (nSPS) is 14.3. The Bertz CT molecular complexity index is 1150. The maximum Gasteiger partial charge on any atom is 0.265 e. The molecule has 1 N–H and O–H groups in total. The average molecular weight is 486 g/mol. The molecular weight excluding hydrogens is 471 g/mol. The van der Waals surface area contributed by atoms with Crippen molar-refractivity contribution in [2.45, 2.75) is 0 Å². The van der Waals surface area contributed by atoms with E-state index in [-0.39, 0.29) is 11.6 Å². The summed E-state index contributed by atoms with van der Waals surface area (Å²) in [6, 6.07) is 8.60. The number of nitrogens with one attached hydrogen (secondary N) is 1. The van der Waals surface area contributed by atoms with E-state index < -0.39 is 11.6 Å². The first kappa shape index (κ1) is 21.2. The fourth-order valence-corrected chi connectivity index (χ4v) is 5.27. The van der Waals surface area contributed by atoms with Gasteiger partial charge in [0.1, 0.15) is 16.5 Å². The number of piperazine rings is 1. The lowest BCUT2D eigenvalue weighted by molar-refractivity contribution is 0.0698. The van der Waals surface area contributed by atoms with Gasteiger partial charge in [0.15, 0.2) is 5.11 Å². The Balaban J connectivity index is 1.41. The summed E-state index contributed by atoms with van der Waals surface area (Å²) < 4.78 is 27.7. The topological polar surface area (TPSA) is 35.6 Å². The number of rotatable bonds is 2. The zero-order chi connectivity index (χ0) is 21.4. The van der Waals surface area contributed by atoms with Crippen molar-refractivity contribution in [1.29, 1.82) is 0 Å². The van der Waals surface area contributed by atoms with Crippen molar-refractivity contribution in [3.63, 3.8) is 0 Å². The summed E-state index contributed by atoms with van der Waals surface area (Å²) in [5.74, 6) is -1.51. The Labute approximate surface area is 191 Å². The maximum absolute atomic E-state index is 13.8. The van der Waals surface area contributed by atoms with Crippen LogP contribution in [0.25, 0.3) is 10.1 Å². The molecule has 4 rings (SSSR count). The van der Waals surface area contributed by atoms with Crippen LogP contribution in [0, 0.1) is 11.6 Å². The van der Waals surface area contributed by atoms with Crippen molar-refractivity contribution in [2.24, 2.45) is 0 Å². The molecule has 0 saturated carbocycles. The van der Waals surface area contributed by atoms with Gasteiger partial charge in [-0.2, -0.15) is 0 Å². The lowest BCUT2D eigenvalue weighted by atomic mass is 10.2. The first-order valence-electron chi connectivity index (χ1n) is 9.01. The van der Waals surface area contributed by atoms with Crippen molar-refractivity contribution < 1.29 is 13.6 Å². The highest BCUT2D eigenvalue weighted by Crippen LogP contribution is 2.37. The molecule has 0 spiro atoms. The molecule has 0 unspecified atom stereocenters. The molecule has 30 heavy (non-hydrogen) atoms. The van der Waals surface area contributed by atoms with E-state index in [1.54, 1.807) is 17.0 Å². The molecule has 3 aromatic rings. The highest BCUT2D eigenvalue weighted by molar-refractivity contribution is 7.80. The van der Waals surface area contributed by atoms with E-state index in [1.165, 1.54) is 17.4 Å². The summed E-state index contributed by atoms with van der Waals surface area (Å²) in [7, 11) is 0. The number of hydrogen-bond acceptors (Lipinski definition) is 3. The molecule has 1 fully saturated rings. The van der Waals surface area contributed by atoms with Crippen molar-refractivity contribution in [3.05, 3.63) is 63.0 Å². The van der Waals surface area contributed by atoms with Crippen LogP contribution in [-0.4, -0.2) is 47.0 Å². The van der Waals surface area contributed by atoms with Crippen LogP contribution in [-0.2, 0) is 0 Å². The van der Waals surface area contributed by atoms with Crippen LogP contribution in [0.15, 0.2) is 36.4 Å². The minimum atomic E-state index is -0.717. The lowest BCUT2D eigenvalue weighted by Crippen LogP contribution is -2.51. The molecular formula is C20H15Cl2F2N3OS2. The molecule has 0 radical (unpaired) electrons. The predicted octanol–water partition coefficient (Wildman–Crippen LogP) is 5.64. The molecule has 156 valence electrons. The second-order valence-electron chi connectivity index (χ2n) is 6.72. The highest BCUT2D eigenvalue weighted by Gasteiger charge is 2.27. The van der Waals surface area contributed by atoms with E-state index in [0.29, 0.717) is 46.2 Å². The number of benzene rings is 2. The Morgan fingerprint density at radius 2 is 1.73 bits per heavy atom. The maximum atomic E-state index is 13.8. The van der Waals surface area contributed by atoms with Gasteiger partial charge in [-0.05, 0) is 36.5 Å². The number of anilines is 1. The smallest absolute Gasteiger partial charge is 0.265 e. The molecule has 0 bridgehead atoms. The van der Waals surface area contributed by atoms with Gasteiger partial charge in [0, 0.05) is 47.4 Å². The first-order valence-corrected chi connectivity index (χ1v) is 11.0. The number of thiocarbonyl (C=S) groups is 1. The second kappa shape index (κ2) is 8.63. The van der Waals surface area contributed by atoms with Gasteiger partial charge >= 0.3 is 0 Å². The Morgan fingerprint density at radius 3 is 2.43 bits per heavy atom. The summed E-state index contributed by atoms with van der Waals surface area (Å²) in [5.41, 5.74) is 0.107. The second-order valence-corrected chi connectivity index (χ2v) is 8.97. The molecule has 1 aromatic heterocycles. The summed E-state index contributed by atoms with van der Waals surface area (Å²) in [4.78, 5) is 17.0. The van der Waals surface area contributed by atoms with Crippen LogP contribution < -0.4 is 5.32 Å². The fourth-order valence-electron chi connectivity index (χ4n) is 3.22. The van der Waals surface area contributed by atoms with Gasteiger partial charge < -0.3 is 15.1 Å². The van der Waals surface area contributed by atoms with Crippen LogP contribution in [0.2, 0.25) is 10.0 Å². The number of hydrogen-bond donors (Lipinski definition) is 1. The van der Waals surface area contributed by atoms with Gasteiger partial charge in [-0.1, -0.05) is 29.3 Å². The molecule has 4 nitrogen and oxygen atoms in total. The fraction of sp³-hybridized carbons (Fsp3) is 0.200. The van der Waals surface area contributed by atoms with Crippen LogP contribution in [0.5, 0.6) is 0 Å². The van der Waals surface area contributed by atoms with E-state index in [1.807, 2.05) is 11.0 Å².